The molecule has 0 radical (unpaired) electrons. The van der Waals surface area contributed by atoms with Crippen molar-refractivity contribution in [2.45, 2.75) is 45.3 Å². The van der Waals surface area contributed by atoms with E-state index in [0.29, 0.717) is 26.0 Å². The minimum absolute atomic E-state index is 0. The number of nitrogens with two attached hydrogens (primary N) is 1. The molecule has 6 heteroatoms. The van der Waals surface area contributed by atoms with Crippen LogP contribution in [0.5, 0.6) is 11.5 Å². The van der Waals surface area contributed by atoms with Crippen LogP contribution < -0.4 is 15.2 Å². The molecule has 2 rings (SSSR count). The quantitative estimate of drug-likeness (QED) is 0.827. The number of hydrogen-bond acceptors (Lipinski definition) is 4. The number of amides is 1. The first kappa shape index (κ1) is 19.6. The number of ether oxygens (including phenoxy) is 2. The van der Waals surface area contributed by atoms with Crippen LogP contribution in [0, 0.1) is 0 Å². The number of nitrogens with zero attached hydrogens (tertiary/aromatic N) is 1. The van der Waals surface area contributed by atoms with Gasteiger partial charge in [-0.3, -0.25) is 4.79 Å². The number of benzene rings is 1. The molecule has 1 aliphatic heterocycles. The molecule has 0 saturated heterocycles. The summed E-state index contributed by atoms with van der Waals surface area (Å²) in [5.74, 6) is 1.66. The molecule has 2 N–H and O–H groups in total. The summed E-state index contributed by atoms with van der Waals surface area (Å²) in [6.07, 6.45) is 2.00. The van der Waals surface area contributed by atoms with E-state index in [9.17, 15) is 4.79 Å². The smallest absolute Gasteiger partial charge is 0.222 e. The fraction of sp³-hybridized carbons (Fsp3) is 0.588. The lowest BCUT2D eigenvalue weighted by Gasteiger charge is -2.31. The Morgan fingerprint density at radius 1 is 1.39 bits per heavy atom. The SMILES string of the molecule is CCCN(CC1COc2ccccc2O1)C(=O)CCC(C)N.Cl. The van der Waals surface area contributed by atoms with Gasteiger partial charge in [-0.15, -0.1) is 12.4 Å². The Kier molecular flexibility index (Phi) is 8.20. The van der Waals surface area contributed by atoms with E-state index in [1.807, 2.05) is 36.1 Å². The Bertz CT molecular complexity index is 496. The predicted octanol–water partition coefficient (Wildman–Crippen LogP) is 2.61. The zero-order valence-electron chi connectivity index (χ0n) is 13.9. The van der Waals surface area contributed by atoms with E-state index >= 15 is 0 Å². The molecule has 0 aromatic heterocycles. The molecule has 0 fully saturated rings. The van der Waals surface area contributed by atoms with Crippen LogP contribution in [0.4, 0.5) is 0 Å². The van der Waals surface area contributed by atoms with E-state index in [0.717, 1.165) is 24.5 Å². The minimum atomic E-state index is -0.124. The highest BCUT2D eigenvalue weighted by Crippen LogP contribution is 2.31. The standard InChI is InChI=1S/C17H26N2O3.ClH/c1-3-10-19(17(20)9-8-13(2)18)11-14-12-21-15-6-4-5-7-16(15)22-14;/h4-7,13-14H,3,8-12,18H2,1-2H3;1H. The summed E-state index contributed by atoms with van der Waals surface area (Å²) >= 11 is 0. The van der Waals surface area contributed by atoms with Gasteiger partial charge in [0.1, 0.15) is 6.61 Å². The molecule has 1 heterocycles. The van der Waals surface area contributed by atoms with E-state index in [4.69, 9.17) is 15.2 Å². The second-order valence-electron chi connectivity index (χ2n) is 5.85. The van der Waals surface area contributed by atoms with Crippen molar-refractivity contribution in [1.29, 1.82) is 0 Å². The molecular weight excluding hydrogens is 316 g/mol. The topological polar surface area (TPSA) is 64.8 Å². The predicted molar refractivity (Wildman–Crippen MR) is 93.4 cm³/mol. The molecule has 1 aromatic carbocycles. The fourth-order valence-electron chi connectivity index (χ4n) is 2.50. The monoisotopic (exact) mass is 342 g/mol. The van der Waals surface area contributed by atoms with Crippen LogP contribution in [0.25, 0.3) is 0 Å². The molecule has 1 aromatic rings. The number of carbonyl (C=O) groups is 1. The van der Waals surface area contributed by atoms with Crippen molar-refractivity contribution in [2.24, 2.45) is 5.73 Å². The summed E-state index contributed by atoms with van der Waals surface area (Å²) in [7, 11) is 0. The Labute approximate surface area is 144 Å². The molecule has 1 amide bonds. The third kappa shape index (κ3) is 5.92. The Morgan fingerprint density at radius 3 is 2.74 bits per heavy atom. The summed E-state index contributed by atoms with van der Waals surface area (Å²) in [5, 5.41) is 0. The second-order valence-corrected chi connectivity index (χ2v) is 5.85. The highest BCUT2D eigenvalue weighted by Gasteiger charge is 2.25. The van der Waals surface area contributed by atoms with Gasteiger partial charge < -0.3 is 20.1 Å². The highest BCUT2D eigenvalue weighted by atomic mass is 35.5. The van der Waals surface area contributed by atoms with Crippen LogP contribution in [0.3, 0.4) is 0 Å². The first-order chi connectivity index (χ1) is 10.6. The van der Waals surface area contributed by atoms with Gasteiger partial charge in [0.2, 0.25) is 5.91 Å². The zero-order valence-corrected chi connectivity index (χ0v) is 14.7. The van der Waals surface area contributed by atoms with Gasteiger partial charge in [-0.05, 0) is 31.9 Å². The summed E-state index contributed by atoms with van der Waals surface area (Å²) in [5.41, 5.74) is 5.74. The van der Waals surface area contributed by atoms with Gasteiger partial charge in [-0.25, -0.2) is 0 Å². The van der Waals surface area contributed by atoms with Crippen molar-refractivity contribution in [2.75, 3.05) is 19.7 Å². The number of rotatable bonds is 7. The maximum absolute atomic E-state index is 12.3. The lowest BCUT2D eigenvalue weighted by molar-refractivity contribution is -0.133. The van der Waals surface area contributed by atoms with Crippen molar-refractivity contribution in [3.63, 3.8) is 0 Å². The number of halogens is 1. The summed E-state index contributed by atoms with van der Waals surface area (Å²) in [6, 6.07) is 7.67. The Hall–Kier alpha value is -1.46. The molecule has 1 aliphatic rings. The maximum atomic E-state index is 12.3. The third-order valence-electron chi connectivity index (χ3n) is 3.65. The van der Waals surface area contributed by atoms with Crippen LogP contribution in [-0.2, 0) is 4.79 Å². The molecule has 130 valence electrons. The number of carbonyl (C=O) groups excluding carboxylic acids is 1. The molecule has 2 unspecified atom stereocenters. The van der Waals surface area contributed by atoms with Gasteiger partial charge in [0.25, 0.3) is 0 Å². The first-order valence-electron chi connectivity index (χ1n) is 8.02. The van der Waals surface area contributed by atoms with E-state index in [1.54, 1.807) is 0 Å². The zero-order chi connectivity index (χ0) is 15.9. The van der Waals surface area contributed by atoms with Crippen molar-refractivity contribution in [1.82, 2.24) is 4.90 Å². The van der Waals surface area contributed by atoms with Gasteiger partial charge in [-0.2, -0.15) is 0 Å². The minimum Gasteiger partial charge on any atom is -0.486 e. The summed E-state index contributed by atoms with van der Waals surface area (Å²) in [4.78, 5) is 14.2. The largest absolute Gasteiger partial charge is 0.486 e. The highest BCUT2D eigenvalue weighted by molar-refractivity contribution is 5.85. The average molecular weight is 343 g/mol. The maximum Gasteiger partial charge on any atom is 0.222 e. The normalized spacial score (nSPS) is 17.1. The molecule has 2 atom stereocenters. The van der Waals surface area contributed by atoms with Gasteiger partial charge in [-0.1, -0.05) is 19.1 Å². The van der Waals surface area contributed by atoms with Crippen molar-refractivity contribution >= 4 is 18.3 Å². The van der Waals surface area contributed by atoms with Gasteiger partial charge in [0.05, 0.1) is 6.54 Å². The molecule has 0 spiro atoms. The Morgan fingerprint density at radius 2 is 2.09 bits per heavy atom. The van der Waals surface area contributed by atoms with Crippen molar-refractivity contribution in [3.8, 4) is 11.5 Å². The second kappa shape index (κ2) is 9.63. The first-order valence-corrected chi connectivity index (χ1v) is 8.02. The van der Waals surface area contributed by atoms with Crippen LogP contribution in [0.1, 0.15) is 33.1 Å². The van der Waals surface area contributed by atoms with Gasteiger partial charge in [0, 0.05) is 19.0 Å². The van der Waals surface area contributed by atoms with Crippen LogP contribution in [0.15, 0.2) is 24.3 Å². The van der Waals surface area contributed by atoms with Crippen LogP contribution in [-0.4, -0.2) is 42.6 Å². The van der Waals surface area contributed by atoms with Crippen molar-refractivity contribution in [3.05, 3.63) is 24.3 Å². The molecule has 23 heavy (non-hydrogen) atoms. The Balaban J connectivity index is 0.00000264. The summed E-state index contributed by atoms with van der Waals surface area (Å²) < 4.78 is 11.7. The van der Waals surface area contributed by atoms with Crippen LogP contribution >= 0.6 is 12.4 Å². The van der Waals surface area contributed by atoms with E-state index in [2.05, 4.69) is 6.92 Å². The lowest BCUT2D eigenvalue weighted by atomic mass is 10.1. The van der Waals surface area contributed by atoms with E-state index in [-0.39, 0.29) is 30.5 Å². The third-order valence-corrected chi connectivity index (χ3v) is 3.65. The molecule has 0 saturated carbocycles. The van der Waals surface area contributed by atoms with Crippen LogP contribution in [0.2, 0.25) is 0 Å². The number of fused-ring (bicyclic) bond motifs is 1. The van der Waals surface area contributed by atoms with Crippen molar-refractivity contribution < 1.29 is 14.3 Å². The fourth-order valence-corrected chi connectivity index (χ4v) is 2.50. The van der Waals surface area contributed by atoms with E-state index < -0.39 is 0 Å². The number of hydrogen-bond donors (Lipinski definition) is 1. The summed E-state index contributed by atoms with van der Waals surface area (Å²) in [6.45, 7) is 5.75. The molecule has 0 aliphatic carbocycles. The molecule has 5 nitrogen and oxygen atoms in total. The average Bonchev–Trinajstić information content (AvgIpc) is 2.52. The lowest BCUT2D eigenvalue weighted by Crippen LogP contribution is -2.44. The molecule has 0 bridgehead atoms. The molecular formula is C17H27ClN2O3. The number of para-hydroxylation sites is 2. The van der Waals surface area contributed by atoms with Gasteiger partial charge >= 0.3 is 0 Å². The van der Waals surface area contributed by atoms with E-state index in [1.165, 1.54) is 0 Å². The van der Waals surface area contributed by atoms with Gasteiger partial charge in [0.15, 0.2) is 17.6 Å².